The van der Waals surface area contributed by atoms with E-state index in [1.807, 2.05) is 6.92 Å². The van der Waals surface area contributed by atoms with E-state index in [-0.39, 0.29) is 29.9 Å². The predicted octanol–water partition coefficient (Wildman–Crippen LogP) is -0.795. The molecule has 104 valence electrons. The summed E-state index contributed by atoms with van der Waals surface area (Å²) in [7, 11) is 3.28. The second kappa shape index (κ2) is 6.15. The van der Waals surface area contributed by atoms with E-state index in [0.717, 1.165) is 13.1 Å². The highest BCUT2D eigenvalue weighted by molar-refractivity contribution is 5.80. The average Bonchev–Trinajstić information content (AvgIpc) is 2.32. The summed E-state index contributed by atoms with van der Waals surface area (Å²) in [5, 5.41) is 5.67. The summed E-state index contributed by atoms with van der Waals surface area (Å²) in [6, 6.07) is 0. The van der Waals surface area contributed by atoms with Gasteiger partial charge in [-0.15, -0.1) is 0 Å². The van der Waals surface area contributed by atoms with Crippen LogP contribution in [0.3, 0.4) is 0 Å². The van der Waals surface area contributed by atoms with Gasteiger partial charge in [-0.2, -0.15) is 0 Å². The van der Waals surface area contributed by atoms with Crippen molar-refractivity contribution in [1.29, 1.82) is 0 Å². The van der Waals surface area contributed by atoms with Crippen LogP contribution >= 0.6 is 0 Å². The minimum absolute atomic E-state index is 0.0641. The van der Waals surface area contributed by atoms with Crippen molar-refractivity contribution in [3.05, 3.63) is 0 Å². The molecule has 2 amide bonds. The fraction of sp³-hybridized carbons (Fsp3) is 0.833. The van der Waals surface area contributed by atoms with Gasteiger partial charge in [0.15, 0.2) is 0 Å². The molecule has 1 saturated heterocycles. The Hall–Kier alpha value is -1.14. The number of rotatable bonds is 6. The molecule has 6 nitrogen and oxygen atoms in total. The molecule has 1 heterocycles. The lowest BCUT2D eigenvalue weighted by molar-refractivity contribution is -0.145. The van der Waals surface area contributed by atoms with Crippen LogP contribution in [0.2, 0.25) is 0 Å². The molecule has 18 heavy (non-hydrogen) atoms. The summed E-state index contributed by atoms with van der Waals surface area (Å²) >= 11 is 0. The van der Waals surface area contributed by atoms with Crippen LogP contribution in [0.25, 0.3) is 0 Å². The van der Waals surface area contributed by atoms with Gasteiger partial charge in [-0.05, 0) is 6.92 Å². The lowest BCUT2D eigenvalue weighted by atomic mass is 10.0. The standard InChI is InChI=1S/C12H23N3O3/c1-9(11(17)13-3)5-15(4)10(16)6-18-12(2)7-14-8-12/h9,14H,5-8H2,1-4H3,(H,13,17). The van der Waals surface area contributed by atoms with Crippen LogP contribution in [-0.4, -0.2) is 62.7 Å². The number of amides is 2. The van der Waals surface area contributed by atoms with Crippen molar-refractivity contribution in [3.63, 3.8) is 0 Å². The van der Waals surface area contributed by atoms with E-state index in [0.29, 0.717) is 6.54 Å². The van der Waals surface area contributed by atoms with Crippen LogP contribution in [0.1, 0.15) is 13.8 Å². The van der Waals surface area contributed by atoms with Crippen LogP contribution in [0.5, 0.6) is 0 Å². The molecule has 0 bridgehead atoms. The number of likely N-dealkylation sites (N-methyl/N-ethyl adjacent to an activating group) is 1. The summed E-state index contributed by atoms with van der Waals surface area (Å²) in [5.74, 6) is -0.380. The maximum atomic E-state index is 11.8. The van der Waals surface area contributed by atoms with Crippen LogP contribution in [0.4, 0.5) is 0 Å². The van der Waals surface area contributed by atoms with E-state index in [9.17, 15) is 9.59 Å². The summed E-state index contributed by atoms with van der Waals surface area (Å²) in [6.07, 6.45) is 0. The lowest BCUT2D eigenvalue weighted by Gasteiger charge is -2.39. The van der Waals surface area contributed by atoms with Crippen molar-refractivity contribution < 1.29 is 14.3 Å². The summed E-state index contributed by atoms with van der Waals surface area (Å²) in [5.41, 5.74) is -0.219. The van der Waals surface area contributed by atoms with Crippen LogP contribution in [0, 0.1) is 5.92 Å². The maximum absolute atomic E-state index is 11.8. The molecule has 0 aromatic rings. The first kappa shape index (κ1) is 14.9. The number of nitrogens with one attached hydrogen (secondary N) is 2. The Morgan fingerprint density at radius 1 is 1.50 bits per heavy atom. The molecule has 2 N–H and O–H groups in total. The monoisotopic (exact) mass is 257 g/mol. The second-order valence-corrected chi connectivity index (χ2v) is 5.13. The first-order valence-corrected chi connectivity index (χ1v) is 6.18. The van der Waals surface area contributed by atoms with Crippen molar-refractivity contribution in [1.82, 2.24) is 15.5 Å². The molecule has 6 heteroatoms. The van der Waals surface area contributed by atoms with Gasteiger partial charge in [0.1, 0.15) is 6.61 Å². The fourth-order valence-corrected chi connectivity index (χ4v) is 1.77. The smallest absolute Gasteiger partial charge is 0.248 e. The summed E-state index contributed by atoms with van der Waals surface area (Å²) in [4.78, 5) is 24.7. The van der Waals surface area contributed by atoms with Crippen molar-refractivity contribution in [2.24, 2.45) is 5.92 Å². The SMILES string of the molecule is CNC(=O)C(C)CN(C)C(=O)COC1(C)CNC1. The number of carbonyl (C=O) groups excluding carboxylic acids is 2. The first-order valence-electron chi connectivity index (χ1n) is 6.18. The van der Waals surface area contributed by atoms with Crippen LogP contribution < -0.4 is 10.6 Å². The Morgan fingerprint density at radius 3 is 2.56 bits per heavy atom. The molecule has 1 fully saturated rings. The van der Waals surface area contributed by atoms with Gasteiger partial charge in [0.2, 0.25) is 11.8 Å². The Morgan fingerprint density at radius 2 is 2.11 bits per heavy atom. The molecule has 0 spiro atoms. The third-order valence-electron chi connectivity index (χ3n) is 3.21. The molecule has 1 aliphatic rings. The van der Waals surface area contributed by atoms with E-state index in [2.05, 4.69) is 10.6 Å². The van der Waals surface area contributed by atoms with Crippen LogP contribution in [0.15, 0.2) is 0 Å². The number of hydrogen-bond acceptors (Lipinski definition) is 4. The van der Waals surface area contributed by atoms with Crippen LogP contribution in [-0.2, 0) is 14.3 Å². The van der Waals surface area contributed by atoms with Crippen molar-refractivity contribution in [2.45, 2.75) is 19.4 Å². The maximum Gasteiger partial charge on any atom is 0.248 e. The third kappa shape index (κ3) is 3.96. The summed E-state index contributed by atoms with van der Waals surface area (Å²) in [6.45, 7) is 5.79. The zero-order chi connectivity index (χ0) is 13.8. The second-order valence-electron chi connectivity index (χ2n) is 5.13. The molecule has 1 unspecified atom stereocenters. The van der Waals surface area contributed by atoms with Gasteiger partial charge >= 0.3 is 0 Å². The lowest BCUT2D eigenvalue weighted by Crippen LogP contribution is -2.59. The molecule has 1 atom stereocenters. The average molecular weight is 257 g/mol. The quantitative estimate of drug-likeness (QED) is 0.654. The molecule has 0 saturated carbocycles. The zero-order valence-corrected chi connectivity index (χ0v) is 11.6. The number of nitrogens with zero attached hydrogens (tertiary/aromatic N) is 1. The fourth-order valence-electron chi connectivity index (χ4n) is 1.77. The molecule has 0 radical (unpaired) electrons. The molecule has 0 aliphatic carbocycles. The molecular formula is C12H23N3O3. The van der Waals surface area contributed by atoms with E-state index < -0.39 is 0 Å². The van der Waals surface area contributed by atoms with E-state index in [1.165, 1.54) is 4.90 Å². The molecule has 1 rings (SSSR count). The van der Waals surface area contributed by atoms with Crippen molar-refractivity contribution in [3.8, 4) is 0 Å². The Balaban J connectivity index is 2.30. The minimum Gasteiger partial charge on any atom is -0.363 e. The highest BCUT2D eigenvalue weighted by Crippen LogP contribution is 2.15. The largest absolute Gasteiger partial charge is 0.363 e. The Labute approximate surface area is 108 Å². The highest BCUT2D eigenvalue weighted by Gasteiger charge is 2.33. The van der Waals surface area contributed by atoms with E-state index in [4.69, 9.17) is 4.74 Å². The Bertz CT molecular complexity index is 316. The molecule has 0 aromatic carbocycles. The van der Waals surface area contributed by atoms with Gasteiger partial charge in [0.25, 0.3) is 0 Å². The number of hydrogen-bond donors (Lipinski definition) is 2. The number of ether oxygens (including phenoxy) is 1. The zero-order valence-electron chi connectivity index (χ0n) is 11.6. The van der Waals surface area contributed by atoms with E-state index in [1.54, 1.807) is 21.0 Å². The molecular weight excluding hydrogens is 234 g/mol. The first-order chi connectivity index (χ1) is 8.38. The van der Waals surface area contributed by atoms with Crippen molar-refractivity contribution in [2.75, 3.05) is 40.3 Å². The normalized spacial score (nSPS) is 18.7. The topological polar surface area (TPSA) is 70.7 Å². The van der Waals surface area contributed by atoms with Gasteiger partial charge in [-0.3, -0.25) is 9.59 Å². The third-order valence-corrected chi connectivity index (χ3v) is 3.21. The van der Waals surface area contributed by atoms with E-state index >= 15 is 0 Å². The van der Waals surface area contributed by atoms with Crippen molar-refractivity contribution >= 4 is 11.8 Å². The molecule has 0 aromatic heterocycles. The Kier molecular flexibility index (Phi) is 5.10. The highest BCUT2D eigenvalue weighted by atomic mass is 16.5. The van der Waals surface area contributed by atoms with Gasteiger partial charge in [-0.1, -0.05) is 6.92 Å². The van der Waals surface area contributed by atoms with Gasteiger partial charge in [-0.25, -0.2) is 0 Å². The van der Waals surface area contributed by atoms with Gasteiger partial charge < -0.3 is 20.3 Å². The molecule has 1 aliphatic heterocycles. The van der Waals surface area contributed by atoms with Gasteiger partial charge in [0.05, 0.1) is 11.5 Å². The predicted molar refractivity (Wildman–Crippen MR) is 68.1 cm³/mol. The van der Waals surface area contributed by atoms with Gasteiger partial charge in [0, 0.05) is 33.7 Å². The minimum atomic E-state index is -0.219. The summed E-state index contributed by atoms with van der Waals surface area (Å²) < 4.78 is 5.56. The number of carbonyl (C=O) groups is 2.